The topological polar surface area (TPSA) is 72.9 Å². The lowest BCUT2D eigenvalue weighted by Crippen LogP contribution is -2.13. The summed E-state index contributed by atoms with van der Waals surface area (Å²) in [7, 11) is 1.77. The highest BCUT2D eigenvalue weighted by molar-refractivity contribution is 6.39. The molecule has 0 radical (unpaired) electrons. The summed E-state index contributed by atoms with van der Waals surface area (Å²) < 4.78 is 1.62. The zero-order chi connectivity index (χ0) is 14.2. The fourth-order valence-electron chi connectivity index (χ4n) is 1.52. The van der Waals surface area contributed by atoms with E-state index in [0.717, 1.165) is 5.69 Å². The van der Waals surface area contributed by atoms with Gasteiger partial charge in [0, 0.05) is 18.4 Å². The molecule has 0 spiro atoms. The summed E-state index contributed by atoms with van der Waals surface area (Å²) in [5.74, 6) is -0.333. The van der Waals surface area contributed by atoms with Crippen molar-refractivity contribution in [1.29, 1.82) is 0 Å². The Morgan fingerprint density at radius 2 is 1.89 bits per heavy atom. The van der Waals surface area contributed by atoms with Crippen molar-refractivity contribution in [3.8, 4) is 0 Å². The quantitative estimate of drug-likeness (QED) is 0.837. The average molecular weight is 299 g/mol. The molecule has 7 heteroatoms. The highest BCUT2D eigenvalue weighted by Crippen LogP contribution is 2.31. The summed E-state index contributed by atoms with van der Waals surface area (Å²) >= 11 is 11.8. The number of hydrogen-bond acceptors (Lipinski definition) is 3. The Bertz CT molecular complexity index is 609. The van der Waals surface area contributed by atoms with Crippen LogP contribution in [0.15, 0.2) is 18.2 Å². The molecule has 0 aliphatic heterocycles. The van der Waals surface area contributed by atoms with Crippen molar-refractivity contribution in [1.82, 2.24) is 9.78 Å². The van der Waals surface area contributed by atoms with Crippen molar-refractivity contribution in [2.75, 3.05) is 11.1 Å². The predicted octanol–water partition coefficient (Wildman–Crippen LogP) is 2.87. The van der Waals surface area contributed by atoms with Crippen LogP contribution >= 0.6 is 23.2 Å². The van der Waals surface area contributed by atoms with Crippen molar-refractivity contribution in [3.63, 3.8) is 0 Å². The van der Waals surface area contributed by atoms with Gasteiger partial charge in [0.25, 0.3) is 5.91 Å². The van der Waals surface area contributed by atoms with Crippen molar-refractivity contribution < 1.29 is 4.79 Å². The number of nitrogens with two attached hydrogens (primary N) is 1. The van der Waals surface area contributed by atoms with Crippen LogP contribution < -0.4 is 11.1 Å². The number of halogens is 2. The van der Waals surface area contributed by atoms with Crippen molar-refractivity contribution in [2.45, 2.75) is 6.92 Å². The fourth-order valence-corrected chi connectivity index (χ4v) is 2.01. The van der Waals surface area contributed by atoms with Crippen molar-refractivity contribution in [3.05, 3.63) is 39.6 Å². The molecule has 0 bridgehead atoms. The Kier molecular flexibility index (Phi) is 3.68. The summed E-state index contributed by atoms with van der Waals surface area (Å²) in [6.45, 7) is 1.86. The lowest BCUT2D eigenvalue weighted by Gasteiger charge is -2.07. The van der Waals surface area contributed by atoms with Crippen molar-refractivity contribution in [2.24, 2.45) is 7.05 Å². The summed E-state index contributed by atoms with van der Waals surface area (Å²) in [5.41, 5.74) is 7.59. The van der Waals surface area contributed by atoms with E-state index in [1.165, 1.54) is 12.1 Å². The number of carbonyl (C=O) groups excluding carboxylic acids is 1. The van der Waals surface area contributed by atoms with Crippen LogP contribution in [0, 0.1) is 6.92 Å². The minimum Gasteiger partial charge on any atom is -0.396 e. The van der Waals surface area contributed by atoms with Gasteiger partial charge in [0.15, 0.2) is 5.69 Å². The third kappa shape index (κ3) is 2.83. The van der Waals surface area contributed by atoms with Gasteiger partial charge in [-0.05, 0) is 25.1 Å². The smallest absolute Gasteiger partial charge is 0.276 e. The molecule has 0 fully saturated rings. The van der Waals surface area contributed by atoms with Gasteiger partial charge in [0.1, 0.15) is 0 Å². The van der Waals surface area contributed by atoms with Crippen LogP contribution in [0.25, 0.3) is 0 Å². The SMILES string of the molecule is Cc1cc(C(=O)Nc2cc(Cl)c(N)c(Cl)c2)nn1C. The third-order valence-electron chi connectivity index (χ3n) is 2.68. The van der Waals surface area contributed by atoms with Crippen LogP contribution in [0.3, 0.4) is 0 Å². The second kappa shape index (κ2) is 5.11. The van der Waals surface area contributed by atoms with Gasteiger partial charge >= 0.3 is 0 Å². The van der Waals surface area contributed by atoms with E-state index in [2.05, 4.69) is 10.4 Å². The van der Waals surface area contributed by atoms with Crippen LogP contribution in [-0.2, 0) is 7.05 Å². The number of aryl methyl sites for hydroxylation is 2. The van der Waals surface area contributed by atoms with Gasteiger partial charge in [-0.25, -0.2) is 0 Å². The molecule has 19 heavy (non-hydrogen) atoms. The molecular weight excluding hydrogens is 287 g/mol. The minimum atomic E-state index is -0.333. The van der Waals surface area contributed by atoms with Gasteiger partial charge in [-0.1, -0.05) is 23.2 Å². The maximum Gasteiger partial charge on any atom is 0.276 e. The predicted molar refractivity (Wildman–Crippen MR) is 76.8 cm³/mol. The van der Waals surface area contributed by atoms with E-state index in [-0.39, 0.29) is 11.6 Å². The first-order valence-electron chi connectivity index (χ1n) is 5.45. The molecule has 1 heterocycles. The highest BCUT2D eigenvalue weighted by Gasteiger charge is 2.13. The van der Waals surface area contributed by atoms with E-state index in [9.17, 15) is 4.79 Å². The molecule has 0 atom stereocenters. The molecule has 0 aliphatic rings. The summed E-state index contributed by atoms with van der Waals surface area (Å²) in [6.07, 6.45) is 0. The Morgan fingerprint density at radius 3 is 2.37 bits per heavy atom. The number of anilines is 2. The van der Waals surface area contributed by atoms with Crippen LogP contribution in [0.4, 0.5) is 11.4 Å². The standard InChI is InChI=1S/C12H12Cl2N4O/c1-6-3-10(17-18(6)2)12(19)16-7-4-8(13)11(15)9(14)5-7/h3-5H,15H2,1-2H3,(H,16,19). The summed E-state index contributed by atoms with van der Waals surface area (Å²) in [4.78, 5) is 12.0. The van der Waals surface area contributed by atoms with E-state index >= 15 is 0 Å². The minimum absolute atomic E-state index is 0.287. The summed E-state index contributed by atoms with van der Waals surface area (Å²) in [6, 6.07) is 4.77. The van der Waals surface area contributed by atoms with E-state index in [4.69, 9.17) is 28.9 Å². The molecule has 2 aromatic rings. The van der Waals surface area contributed by atoms with E-state index in [1.807, 2.05) is 6.92 Å². The molecule has 1 aromatic heterocycles. The largest absolute Gasteiger partial charge is 0.396 e. The Labute approximate surface area is 120 Å². The van der Waals surface area contributed by atoms with Gasteiger partial charge in [0.05, 0.1) is 15.7 Å². The molecule has 0 saturated heterocycles. The monoisotopic (exact) mass is 298 g/mol. The lowest BCUT2D eigenvalue weighted by atomic mass is 10.2. The first kappa shape index (κ1) is 13.7. The molecule has 0 saturated carbocycles. The number of rotatable bonds is 2. The van der Waals surface area contributed by atoms with E-state index in [0.29, 0.717) is 21.4 Å². The number of carbonyl (C=O) groups is 1. The number of aromatic nitrogens is 2. The fraction of sp³-hybridized carbons (Fsp3) is 0.167. The average Bonchev–Trinajstić information content (AvgIpc) is 2.66. The Hall–Kier alpha value is -1.72. The van der Waals surface area contributed by atoms with Gasteiger partial charge in [0.2, 0.25) is 0 Å². The summed E-state index contributed by atoms with van der Waals surface area (Å²) in [5, 5.41) is 7.33. The van der Waals surface area contributed by atoms with Crippen LogP contribution in [0.2, 0.25) is 10.0 Å². The molecule has 2 rings (SSSR count). The Balaban J connectivity index is 2.24. The first-order valence-corrected chi connectivity index (χ1v) is 6.20. The normalized spacial score (nSPS) is 10.5. The van der Waals surface area contributed by atoms with Gasteiger partial charge < -0.3 is 11.1 Å². The number of nitrogen functional groups attached to an aromatic ring is 1. The first-order chi connectivity index (χ1) is 8.88. The van der Waals surface area contributed by atoms with E-state index < -0.39 is 0 Å². The Morgan fingerprint density at radius 1 is 1.32 bits per heavy atom. The molecular formula is C12H12Cl2N4O. The van der Waals surface area contributed by atoms with Crippen molar-refractivity contribution >= 4 is 40.5 Å². The number of hydrogen-bond donors (Lipinski definition) is 2. The lowest BCUT2D eigenvalue weighted by molar-refractivity contribution is 0.102. The number of amides is 1. The molecule has 3 N–H and O–H groups in total. The number of nitrogens with zero attached hydrogens (tertiary/aromatic N) is 2. The molecule has 100 valence electrons. The molecule has 1 amide bonds. The van der Waals surface area contributed by atoms with Gasteiger partial charge in [-0.15, -0.1) is 0 Å². The van der Waals surface area contributed by atoms with Gasteiger partial charge in [-0.2, -0.15) is 5.10 Å². The molecule has 0 unspecified atom stereocenters. The third-order valence-corrected chi connectivity index (χ3v) is 3.31. The van der Waals surface area contributed by atoms with E-state index in [1.54, 1.807) is 17.8 Å². The van der Waals surface area contributed by atoms with Crippen LogP contribution in [0.1, 0.15) is 16.2 Å². The zero-order valence-electron chi connectivity index (χ0n) is 10.4. The van der Waals surface area contributed by atoms with Crippen LogP contribution in [0.5, 0.6) is 0 Å². The van der Waals surface area contributed by atoms with Gasteiger partial charge in [-0.3, -0.25) is 9.48 Å². The second-order valence-corrected chi connectivity index (χ2v) is 4.92. The molecule has 0 aliphatic carbocycles. The number of nitrogens with one attached hydrogen (secondary N) is 1. The second-order valence-electron chi connectivity index (χ2n) is 4.10. The maximum absolute atomic E-state index is 12.0. The highest BCUT2D eigenvalue weighted by atomic mass is 35.5. The molecule has 5 nitrogen and oxygen atoms in total. The van der Waals surface area contributed by atoms with Crippen LogP contribution in [-0.4, -0.2) is 15.7 Å². The number of benzene rings is 1. The molecule has 1 aromatic carbocycles. The maximum atomic E-state index is 12.0. The zero-order valence-corrected chi connectivity index (χ0v) is 11.9.